The second-order valence-electron chi connectivity index (χ2n) is 7.12. The number of carbonyl (C=O) groups is 2. The van der Waals surface area contributed by atoms with Gasteiger partial charge in [-0.2, -0.15) is 0 Å². The van der Waals surface area contributed by atoms with E-state index in [1.807, 2.05) is 36.1 Å². The number of furan rings is 1. The van der Waals surface area contributed by atoms with Gasteiger partial charge in [0.25, 0.3) is 5.91 Å². The van der Waals surface area contributed by atoms with Gasteiger partial charge >= 0.3 is 0 Å². The summed E-state index contributed by atoms with van der Waals surface area (Å²) in [6.45, 7) is 3.67. The van der Waals surface area contributed by atoms with Crippen molar-refractivity contribution in [2.24, 2.45) is 0 Å². The Balaban J connectivity index is 1.44. The van der Waals surface area contributed by atoms with Gasteiger partial charge in [-0.1, -0.05) is 35.9 Å². The molecule has 0 atom stereocenters. The quantitative estimate of drug-likeness (QED) is 0.693. The lowest BCUT2D eigenvalue weighted by atomic mass is 10.1. The predicted octanol–water partition coefficient (Wildman–Crippen LogP) is 4.45. The maximum absolute atomic E-state index is 12.6. The van der Waals surface area contributed by atoms with Crippen LogP contribution in [0.25, 0.3) is 11.0 Å². The molecule has 1 aliphatic rings. The molecule has 0 unspecified atom stereocenters. The fourth-order valence-corrected chi connectivity index (χ4v) is 3.77. The highest BCUT2D eigenvalue weighted by Gasteiger charge is 2.20. The van der Waals surface area contributed by atoms with Crippen LogP contribution >= 0.6 is 11.6 Å². The molecular weight excluding hydrogens is 376 g/mol. The van der Waals surface area contributed by atoms with Gasteiger partial charge in [0.05, 0.1) is 0 Å². The minimum absolute atomic E-state index is 0.208. The molecule has 5 nitrogen and oxygen atoms in total. The van der Waals surface area contributed by atoms with Crippen LogP contribution in [0, 0.1) is 6.92 Å². The van der Waals surface area contributed by atoms with Crippen molar-refractivity contribution in [3.8, 4) is 0 Å². The average molecular weight is 397 g/mol. The summed E-state index contributed by atoms with van der Waals surface area (Å²) in [4.78, 5) is 26.3. The number of hydrogen-bond acceptors (Lipinski definition) is 3. The fourth-order valence-electron chi connectivity index (χ4n) is 3.60. The summed E-state index contributed by atoms with van der Waals surface area (Å²) in [5.41, 5.74) is 3.46. The zero-order valence-electron chi connectivity index (χ0n) is 15.6. The molecule has 1 aromatic heterocycles. The van der Waals surface area contributed by atoms with E-state index in [9.17, 15) is 9.59 Å². The van der Waals surface area contributed by atoms with E-state index in [4.69, 9.17) is 16.0 Å². The van der Waals surface area contributed by atoms with E-state index < -0.39 is 0 Å². The summed E-state index contributed by atoms with van der Waals surface area (Å²) in [6.07, 6.45) is 1.56. The minimum atomic E-state index is -0.259. The van der Waals surface area contributed by atoms with Crippen LogP contribution in [0.1, 0.15) is 40.1 Å². The van der Waals surface area contributed by atoms with Crippen LogP contribution in [0.2, 0.25) is 5.02 Å². The maximum Gasteiger partial charge on any atom is 0.287 e. The van der Waals surface area contributed by atoms with E-state index in [1.165, 1.54) is 0 Å². The van der Waals surface area contributed by atoms with Crippen molar-refractivity contribution in [2.45, 2.75) is 32.9 Å². The Bertz CT molecular complexity index is 1060. The summed E-state index contributed by atoms with van der Waals surface area (Å²) in [5.74, 6) is 0.250. The van der Waals surface area contributed by atoms with Crippen LogP contribution in [0.5, 0.6) is 0 Å². The van der Waals surface area contributed by atoms with E-state index in [0.717, 1.165) is 35.0 Å². The van der Waals surface area contributed by atoms with Crippen molar-refractivity contribution in [2.75, 3.05) is 6.54 Å². The fraction of sp³-hybridized carbons (Fsp3) is 0.273. The highest BCUT2D eigenvalue weighted by atomic mass is 35.5. The molecule has 1 aliphatic heterocycles. The maximum atomic E-state index is 12.6. The van der Waals surface area contributed by atoms with Gasteiger partial charge in [0, 0.05) is 42.0 Å². The molecule has 28 heavy (non-hydrogen) atoms. The van der Waals surface area contributed by atoms with Crippen molar-refractivity contribution in [3.63, 3.8) is 0 Å². The normalized spacial score (nSPS) is 14.1. The molecule has 0 radical (unpaired) electrons. The van der Waals surface area contributed by atoms with Crippen LogP contribution < -0.4 is 5.32 Å². The van der Waals surface area contributed by atoms with E-state index in [1.54, 1.807) is 18.2 Å². The van der Waals surface area contributed by atoms with Crippen LogP contribution in [0.15, 0.2) is 46.9 Å². The predicted molar refractivity (Wildman–Crippen MR) is 108 cm³/mol. The number of hydrogen-bond donors (Lipinski definition) is 1. The third kappa shape index (κ3) is 3.76. The van der Waals surface area contributed by atoms with Crippen LogP contribution in [-0.2, 0) is 17.9 Å². The Morgan fingerprint density at radius 2 is 2.04 bits per heavy atom. The molecular formula is C22H21ClN2O3. The van der Waals surface area contributed by atoms with Crippen molar-refractivity contribution in [1.82, 2.24) is 10.2 Å². The third-order valence-corrected chi connectivity index (χ3v) is 5.33. The number of aryl methyl sites for hydroxylation is 1. The Labute approximate surface area is 168 Å². The minimum Gasteiger partial charge on any atom is -0.451 e. The monoisotopic (exact) mass is 396 g/mol. The van der Waals surface area contributed by atoms with Gasteiger partial charge in [-0.25, -0.2) is 0 Å². The number of nitrogens with one attached hydrogen (secondary N) is 1. The lowest BCUT2D eigenvalue weighted by Gasteiger charge is -2.16. The second-order valence-corrected chi connectivity index (χ2v) is 7.55. The Morgan fingerprint density at radius 3 is 2.82 bits per heavy atom. The first kappa shape index (κ1) is 18.6. The highest BCUT2D eigenvalue weighted by Crippen LogP contribution is 2.28. The Kier molecular flexibility index (Phi) is 5.09. The molecule has 1 fully saturated rings. The molecule has 0 bridgehead atoms. The molecule has 0 spiro atoms. The van der Waals surface area contributed by atoms with Crippen molar-refractivity contribution in [3.05, 3.63) is 69.9 Å². The van der Waals surface area contributed by atoms with Crippen LogP contribution in [0.4, 0.5) is 0 Å². The highest BCUT2D eigenvalue weighted by molar-refractivity contribution is 6.31. The average Bonchev–Trinajstić information content (AvgIpc) is 3.23. The van der Waals surface area contributed by atoms with Gasteiger partial charge in [-0.3, -0.25) is 9.59 Å². The number of nitrogens with zero attached hydrogens (tertiary/aromatic N) is 1. The molecule has 1 N–H and O–H groups in total. The molecule has 1 saturated heterocycles. The van der Waals surface area contributed by atoms with Gasteiger partial charge < -0.3 is 14.6 Å². The van der Waals surface area contributed by atoms with Gasteiger partial charge in [0.1, 0.15) is 5.58 Å². The molecule has 4 rings (SSSR count). The zero-order valence-corrected chi connectivity index (χ0v) is 16.4. The summed E-state index contributed by atoms with van der Waals surface area (Å²) < 4.78 is 5.71. The van der Waals surface area contributed by atoms with Gasteiger partial charge in [-0.15, -0.1) is 0 Å². The van der Waals surface area contributed by atoms with Gasteiger partial charge in [0.15, 0.2) is 5.76 Å². The number of carbonyl (C=O) groups excluding carboxylic acids is 2. The lowest BCUT2D eigenvalue weighted by Crippen LogP contribution is -2.24. The molecule has 144 valence electrons. The van der Waals surface area contributed by atoms with Gasteiger partial charge in [-0.05, 0) is 42.7 Å². The smallest absolute Gasteiger partial charge is 0.287 e. The number of amides is 2. The molecule has 2 aromatic carbocycles. The molecule has 0 aliphatic carbocycles. The second kappa shape index (κ2) is 7.68. The van der Waals surface area contributed by atoms with Crippen molar-refractivity contribution in [1.29, 1.82) is 0 Å². The van der Waals surface area contributed by atoms with E-state index >= 15 is 0 Å². The third-order valence-electron chi connectivity index (χ3n) is 5.09. The first-order valence-electron chi connectivity index (χ1n) is 9.34. The number of benzene rings is 2. The Hall–Kier alpha value is -2.79. The van der Waals surface area contributed by atoms with E-state index in [-0.39, 0.29) is 11.8 Å². The van der Waals surface area contributed by atoms with Crippen molar-refractivity contribution >= 4 is 34.4 Å². The number of likely N-dealkylation sites (tertiary alicyclic amines) is 1. The first-order chi connectivity index (χ1) is 13.5. The van der Waals surface area contributed by atoms with Crippen molar-refractivity contribution < 1.29 is 14.0 Å². The van der Waals surface area contributed by atoms with Crippen LogP contribution in [0.3, 0.4) is 0 Å². The zero-order chi connectivity index (χ0) is 19.7. The topological polar surface area (TPSA) is 62.6 Å². The van der Waals surface area contributed by atoms with Gasteiger partial charge in [0.2, 0.25) is 5.91 Å². The summed E-state index contributed by atoms with van der Waals surface area (Å²) in [7, 11) is 0. The molecule has 0 saturated carbocycles. The number of halogens is 1. The largest absolute Gasteiger partial charge is 0.451 e. The molecule has 2 heterocycles. The molecule has 3 aromatic rings. The first-order valence-corrected chi connectivity index (χ1v) is 9.71. The summed E-state index contributed by atoms with van der Waals surface area (Å²) >= 11 is 6.04. The van der Waals surface area contributed by atoms with E-state index in [2.05, 4.69) is 5.32 Å². The Morgan fingerprint density at radius 1 is 1.21 bits per heavy atom. The lowest BCUT2D eigenvalue weighted by molar-refractivity contribution is -0.128. The number of rotatable bonds is 5. The van der Waals surface area contributed by atoms with E-state index in [0.29, 0.717) is 35.9 Å². The standard InChI is InChI=1S/C22H21ClN2O3/c1-14-18-11-17(23)7-8-19(18)28-21(14)22(27)24-12-15-4-2-5-16(10-15)13-25-9-3-6-20(25)26/h2,4-5,7-8,10-11H,3,6,9,12-13H2,1H3,(H,24,27). The summed E-state index contributed by atoms with van der Waals surface area (Å²) in [5, 5.41) is 4.37. The molecule has 6 heteroatoms. The number of fused-ring (bicyclic) bond motifs is 1. The summed E-state index contributed by atoms with van der Waals surface area (Å²) in [6, 6.07) is 13.2. The molecule has 2 amide bonds. The SMILES string of the molecule is Cc1c(C(=O)NCc2cccc(CN3CCCC3=O)c2)oc2ccc(Cl)cc12. The van der Waals surface area contributed by atoms with Crippen LogP contribution in [-0.4, -0.2) is 23.3 Å².